The first-order chi connectivity index (χ1) is 11.9. The SMILES string of the molecule is COC(=O)N(C)CCN(C)C(=O)OCCCCCCCCCC(N)=O. The summed E-state index contributed by atoms with van der Waals surface area (Å²) in [5.74, 6) is -0.233. The van der Waals surface area contributed by atoms with Gasteiger partial charge >= 0.3 is 12.2 Å². The molecule has 0 aliphatic heterocycles. The van der Waals surface area contributed by atoms with Crippen molar-refractivity contribution in [1.82, 2.24) is 9.80 Å². The van der Waals surface area contributed by atoms with Gasteiger partial charge in [0.05, 0.1) is 13.7 Å². The number of methoxy groups -OCH3 is 1. The maximum atomic E-state index is 11.8. The summed E-state index contributed by atoms with van der Waals surface area (Å²) >= 11 is 0. The Morgan fingerprint density at radius 3 is 1.80 bits per heavy atom. The number of carbonyl (C=O) groups excluding carboxylic acids is 3. The maximum absolute atomic E-state index is 11.8. The number of likely N-dealkylation sites (N-methyl/N-ethyl adjacent to an activating group) is 2. The Balaban J connectivity index is 3.53. The van der Waals surface area contributed by atoms with Gasteiger partial charge in [-0.15, -0.1) is 0 Å². The third kappa shape index (κ3) is 13.0. The summed E-state index contributed by atoms with van der Waals surface area (Å²) in [6.45, 7) is 1.17. The molecule has 0 aromatic carbocycles. The van der Waals surface area contributed by atoms with Crippen molar-refractivity contribution < 1.29 is 23.9 Å². The molecule has 146 valence electrons. The molecule has 0 atom stereocenters. The van der Waals surface area contributed by atoms with Crippen LogP contribution in [-0.4, -0.2) is 68.8 Å². The third-order valence-corrected chi connectivity index (χ3v) is 3.86. The maximum Gasteiger partial charge on any atom is 0.409 e. The van der Waals surface area contributed by atoms with Crippen LogP contribution < -0.4 is 5.73 Å². The topological polar surface area (TPSA) is 102 Å². The van der Waals surface area contributed by atoms with Crippen molar-refractivity contribution >= 4 is 18.1 Å². The van der Waals surface area contributed by atoms with Crippen molar-refractivity contribution in [2.75, 3.05) is 40.9 Å². The molecule has 0 radical (unpaired) electrons. The van der Waals surface area contributed by atoms with Crippen molar-refractivity contribution in [2.24, 2.45) is 5.73 Å². The Kier molecular flexibility index (Phi) is 13.2. The molecule has 0 heterocycles. The fourth-order valence-electron chi connectivity index (χ4n) is 2.19. The Morgan fingerprint density at radius 2 is 1.28 bits per heavy atom. The van der Waals surface area contributed by atoms with Crippen molar-refractivity contribution in [1.29, 1.82) is 0 Å². The van der Waals surface area contributed by atoms with Crippen LogP contribution in [0.25, 0.3) is 0 Å². The van der Waals surface area contributed by atoms with E-state index >= 15 is 0 Å². The molecule has 0 saturated carbocycles. The fraction of sp³-hybridized carbons (Fsp3) is 0.824. The molecule has 0 saturated heterocycles. The number of rotatable bonds is 13. The summed E-state index contributed by atoms with van der Waals surface area (Å²) in [4.78, 5) is 36.4. The molecule has 3 amide bonds. The Bertz CT molecular complexity index is 404. The van der Waals surface area contributed by atoms with E-state index < -0.39 is 6.09 Å². The van der Waals surface area contributed by atoms with Crippen molar-refractivity contribution in [2.45, 2.75) is 51.4 Å². The van der Waals surface area contributed by atoms with Gasteiger partial charge in [-0.05, 0) is 12.8 Å². The van der Waals surface area contributed by atoms with Crippen LogP contribution in [0.15, 0.2) is 0 Å². The number of primary amides is 1. The summed E-state index contributed by atoms with van der Waals surface area (Å²) in [5, 5.41) is 0. The Labute approximate surface area is 150 Å². The lowest BCUT2D eigenvalue weighted by Crippen LogP contribution is -2.37. The fourth-order valence-corrected chi connectivity index (χ4v) is 2.19. The Morgan fingerprint density at radius 1 is 0.800 bits per heavy atom. The van der Waals surface area contributed by atoms with Crippen LogP contribution in [0.2, 0.25) is 0 Å². The first-order valence-corrected chi connectivity index (χ1v) is 8.83. The van der Waals surface area contributed by atoms with Gasteiger partial charge in [0.2, 0.25) is 5.91 Å². The minimum absolute atomic E-state index is 0.233. The molecule has 0 rings (SSSR count). The monoisotopic (exact) mass is 359 g/mol. The number of hydrogen-bond acceptors (Lipinski definition) is 5. The van der Waals surface area contributed by atoms with E-state index in [0.717, 1.165) is 44.9 Å². The molecule has 0 fully saturated rings. The van der Waals surface area contributed by atoms with E-state index in [9.17, 15) is 14.4 Å². The molecule has 0 unspecified atom stereocenters. The molecule has 8 heteroatoms. The summed E-state index contributed by atoms with van der Waals surface area (Å²) in [5.41, 5.74) is 5.08. The number of ether oxygens (including phenoxy) is 2. The van der Waals surface area contributed by atoms with E-state index in [1.807, 2.05) is 0 Å². The number of carbonyl (C=O) groups is 3. The third-order valence-electron chi connectivity index (χ3n) is 3.86. The molecule has 0 aromatic rings. The molecule has 0 aliphatic rings. The van der Waals surface area contributed by atoms with E-state index in [-0.39, 0.29) is 12.0 Å². The summed E-state index contributed by atoms with van der Waals surface area (Å²) in [6, 6.07) is 0. The van der Waals surface area contributed by atoms with Crippen LogP contribution >= 0.6 is 0 Å². The van der Waals surface area contributed by atoms with Crippen molar-refractivity contribution in [3.8, 4) is 0 Å². The van der Waals surface area contributed by atoms with Gasteiger partial charge in [0.15, 0.2) is 0 Å². The highest BCUT2D eigenvalue weighted by molar-refractivity contribution is 5.73. The lowest BCUT2D eigenvalue weighted by molar-refractivity contribution is -0.118. The first kappa shape index (κ1) is 23.0. The molecule has 0 aliphatic carbocycles. The van der Waals surface area contributed by atoms with Crippen LogP contribution in [-0.2, 0) is 14.3 Å². The summed E-state index contributed by atoms with van der Waals surface area (Å²) in [7, 11) is 4.57. The number of amides is 3. The summed E-state index contributed by atoms with van der Waals surface area (Å²) in [6.07, 6.45) is 6.71. The van der Waals surface area contributed by atoms with Crippen molar-refractivity contribution in [3.63, 3.8) is 0 Å². The van der Waals surface area contributed by atoms with E-state index in [0.29, 0.717) is 26.1 Å². The van der Waals surface area contributed by atoms with Crippen LogP contribution in [0, 0.1) is 0 Å². The largest absolute Gasteiger partial charge is 0.453 e. The average Bonchev–Trinajstić information content (AvgIpc) is 2.59. The highest BCUT2D eigenvalue weighted by Crippen LogP contribution is 2.08. The molecule has 0 aromatic heterocycles. The van der Waals surface area contributed by atoms with E-state index in [1.54, 1.807) is 14.1 Å². The molecular formula is C17H33N3O5. The highest BCUT2D eigenvalue weighted by atomic mass is 16.6. The van der Waals surface area contributed by atoms with Gasteiger partial charge in [-0.1, -0.05) is 32.1 Å². The quantitative estimate of drug-likeness (QED) is 0.509. The second kappa shape index (κ2) is 14.4. The van der Waals surface area contributed by atoms with Crippen LogP contribution in [0.1, 0.15) is 51.4 Å². The standard InChI is InChI=1S/C17H33N3O5/c1-19(16(22)24-3)12-13-20(2)17(23)25-14-10-8-6-4-5-7-9-11-15(18)21/h4-14H2,1-3H3,(H2,18,21). The smallest absolute Gasteiger partial charge is 0.409 e. The summed E-state index contributed by atoms with van der Waals surface area (Å²) < 4.78 is 9.78. The Hall–Kier alpha value is -1.99. The number of nitrogens with two attached hydrogens (primary N) is 1. The lowest BCUT2D eigenvalue weighted by Gasteiger charge is -2.21. The molecule has 0 bridgehead atoms. The predicted molar refractivity (Wildman–Crippen MR) is 95.1 cm³/mol. The minimum Gasteiger partial charge on any atom is -0.453 e. The van der Waals surface area contributed by atoms with Gasteiger partial charge in [0, 0.05) is 33.6 Å². The number of hydrogen-bond donors (Lipinski definition) is 1. The molecule has 25 heavy (non-hydrogen) atoms. The zero-order valence-electron chi connectivity index (χ0n) is 15.8. The van der Waals surface area contributed by atoms with Crippen LogP contribution in [0.4, 0.5) is 9.59 Å². The first-order valence-electron chi connectivity index (χ1n) is 8.83. The van der Waals surface area contributed by atoms with Crippen LogP contribution in [0.5, 0.6) is 0 Å². The van der Waals surface area contributed by atoms with Gasteiger partial charge in [-0.25, -0.2) is 9.59 Å². The second-order valence-corrected chi connectivity index (χ2v) is 6.12. The van der Waals surface area contributed by atoms with Gasteiger partial charge in [-0.3, -0.25) is 4.79 Å². The molecule has 2 N–H and O–H groups in total. The minimum atomic E-state index is -0.434. The second-order valence-electron chi connectivity index (χ2n) is 6.12. The number of nitrogens with zero attached hydrogens (tertiary/aromatic N) is 2. The zero-order valence-corrected chi connectivity index (χ0v) is 15.8. The number of unbranched alkanes of at least 4 members (excludes halogenated alkanes) is 6. The molecule has 0 spiro atoms. The van der Waals surface area contributed by atoms with E-state index in [1.165, 1.54) is 16.9 Å². The predicted octanol–water partition coefficient (Wildman–Crippen LogP) is 2.36. The van der Waals surface area contributed by atoms with Gasteiger partial charge in [0.1, 0.15) is 0 Å². The van der Waals surface area contributed by atoms with E-state index in [2.05, 4.69) is 4.74 Å². The average molecular weight is 359 g/mol. The van der Waals surface area contributed by atoms with E-state index in [4.69, 9.17) is 10.5 Å². The normalized spacial score (nSPS) is 10.2. The molecular weight excluding hydrogens is 326 g/mol. The molecule has 8 nitrogen and oxygen atoms in total. The zero-order chi connectivity index (χ0) is 19.1. The van der Waals surface area contributed by atoms with Gasteiger partial charge in [-0.2, -0.15) is 0 Å². The lowest BCUT2D eigenvalue weighted by atomic mass is 10.1. The van der Waals surface area contributed by atoms with Gasteiger partial charge in [0.25, 0.3) is 0 Å². The van der Waals surface area contributed by atoms with Gasteiger partial charge < -0.3 is 25.0 Å². The van der Waals surface area contributed by atoms with Crippen LogP contribution in [0.3, 0.4) is 0 Å². The highest BCUT2D eigenvalue weighted by Gasteiger charge is 2.13. The van der Waals surface area contributed by atoms with Crippen molar-refractivity contribution in [3.05, 3.63) is 0 Å².